The second-order valence-electron chi connectivity index (χ2n) is 7.75. The van der Waals surface area contributed by atoms with Gasteiger partial charge in [0.2, 0.25) is 0 Å². The third-order valence-corrected chi connectivity index (χ3v) is 7.15. The van der Waals surface area contributed by atoms with Crippen LogP contribution < -0.4 is 5.32 Å². The number of carbonyl (C=O) groups is 1. The van der Waals surface area contributed by atoms with Gasteiger partial charge in [0.1, 0.15) is 0 Å². The minimum Gasteiger partial charge on any atom is -0.318 e. The molecule has 32 heavy (non-hydrogen) atoms. The van der Waals surface area contributed by atoms with Crippen molar-refractivity contribution in [2.45, 2.75) is 40.8 Å². The van der Waals surface area contributed by atoms with Gasteiger partial charge < -0.3 is 5.32 Å². The number of benzene rings is 1. The van der Waals surface area contributed by atoms with E-state index in [0.717, 1.165) is 39.6 Å². The smallest absolute Gasteiger partial charge is 0.265 e. The number of hydrogen-bond acceptors (Lipinski definition) is 4. The molecule has 1 N–H and O–H groups in total. The van der Waals surface area contributed by atoms with E-state index in [0.29, 0.717) is 28.0 Å². The monoisotopic (exact) mass is 487 g/mol. The lowest BCUT2D eigenvalue weighted by Crippen LogP contribution is -2.12. The van der Waals surface area contributed by atoms with E-state index in [1.54, 1.807) is 0 Å². The highest BCUT2D eigenvalue weighted by atomic mass is 35.5. The molecule has 3 heterocycles. The van der Waals surface area contributed by atoms with Crippen molar-refractivity contribution in [2.24, 2.45) is 0 Å². The van der Waals surface area contributed by atoms with Crippen molar-refractivity contribution in [1.29, 1.82) is 0 Å². The van der Waals surface area contributed by atoms with Crippen LogP contribution in [0, 0.1) is 27.7 Å². The van der Waals surface area contributed by atoms with E-state index in [2.05, 4.69) is 15.5 Å². The maximum absolute atomic E-state index is 12.9. The third-order valence-electron chi connectivity index (χ3n) is 5.37. The van der Waals surface area contributed by atoms with E-state index >= 15 is 0 Å². The van der Waals surface area contributed by atoms with Gasteiger partial charge in [-0.2, -0.15) is 10.2 Å². The molecular weight excluding hydrogens is 465 g/mol. The van der Waals surface area contributed by atoms with Crippen LogP contribution in [0.25, 0.3) is 0 Å². The van der Waals surface area contributed by atoms with Gasteiger partial charge in [0.05, 0.1) is 51.5 Å². The Morgan fingerprint density at radius 3 is 2.22 bits per heavy atom. The molecule has 3 aromatic heterocycles. The third kappa shape index (κ3) is 4.60. The summed E-state index contributed by atoms with van der Waals surface area (Å²) in [6.45, 7) is 8.85. The number of aryl methyl sites for hydroxylation is 2. The molecule has 1 aromatic carbocycles. The lowest BCUT2D eigenvalue weighted by atomic mass is 10.2. The molecule has 0 saturated carbocycles. The molecule has 0 saturated heterocycles. The topological polar surface area (TPSA) is 64.7 Å². The van der Waals surface area contributed by atoms with Crippen molar-refractivity contribution in [3.63, 3.8) is 0 Å². The zero-order valence-electron chi connectivity index (χ0n) is 18.2. The molecule has 0 fully saturated rings. The first-order chi connectivity index (χ1) is 15.2. The van der Waals surface area contributed by atoms with Gasteiger partial charge in [-0.25, -0.2) is 0 Å². The summed E-state index contributed by atoms with van der Waals surface area (Å²) in [5.74, 6) is -0.148. The number of thiophene rings is 1. The van der Waals surface area contributed by atoms with Crippen LogP contribution in [0.5, 0.6) is 0 Å². The van der Waals surface area contributed by atoms with Crippen LogP contribution in [0.1, 0.15) is 43.6 Å². The molecule has 0 spiro atoms. The zero-order chi connectivity index (χ0) is 23.0. The molecule has 9 heteroatoms. The van der Waals surface area contributed by atoms with Crippen LogP contribution in [0.2, 0.25) is 10.0 Å². The van der Waals surface area contributed by atoms with Crippen molar-refractivity contribution < 1.29 is 4.79 Å². The van der Waals surface area contributed by atoms with Gasteiger partial charge in [-0.3, -0.25) is 14.2 Å². The molecule has 0 radical (unpaired) electrons. The minimum atomic E-state index is -0.148. The normalized spacial score (nSPS) is 11.2. The molecule has 4 aromatic rings. The Bertz CT molecular complexity index is 1290. The largest absolute Gasteiger partial charge is 0.318 e. The second kappa shape index (κ2) is 9.10. The Hall–Kier alpha value is -2.61. The maximum Gasteiger partial charge on any atom is 0.265 e. The average molecular weight is 488 g/mol. The molecule has 0 atom stereocenters. The van der Waals surface area contributed by atoms with E-state index in [4.69, 9.17) is 23.2 Å². The van der Waals surface area contributed by atoms with Gasteiger partial charge in [0.25, 0.3) is 5.91 Å². The number of anilines is 1. The fourth-order valence-corrected chi connectivity index (χ4v) is 4.61. The fourth-order valence-electron chi connectivity index (χ4n) is 3.55. The zero-order valence-corrected chi connectivity index (χ0v) is 20.6. The lowest BCUT2D eigenvalue weighted by Gasteiger charge is -2.07. The summed E-state index contributed by atoms with van der Waals surface area (Å²) in [4.78, 5) is 13.6. The van der Waals surface area contributed by atoms with Crippen LogP contribution in [-0.4, -0.2) is 25.5 Å². The molecular formula is C23H23Cl2N5OS. The van der Waals surface area contributed by atoms with Crippen LogP contribution in [0.15, 0.2) is 35.7 Å². The summed E-state index contributed by atoms with van der Waals surface area (Å²) in [5, 5.41) is 15.5. The van der Waals surface area contributed by atoms with E-state index in [1.165, 1.54) is 11.3 Å². The molecule has 4 rings (SSSR count). The van der Waals surface area contributed by atoms with Gasteiger partial charge in [-0.15, -0.1) is 11.3 Å². The quantitative estimate of drug-likeness (QED) is 0.361. The number of halogens is 2. The van der Waals surface area contributed by atoms with Crippen LogP contribution in [0.4, 0.5) is 5.69 Å². The highest BCUT2D eigenvalue weighted by molar-refractivity contribution is 7.12. The van der Waals surface area contributed by atoms with Gasteiger partial charge in [-0.1, -0.05) is 35.3 Å². The van der Waals surface area contributed by atoms with Crippen molar-refractivity contribution in [1.82, 2.24) is 19.6 Å². The van der Waals surface area contributed by atoms with E-state index in [9.17, 15) is 4.79 Å². The van der Waals surface area contributed by atoms with Crippen LogP contribution in [-0.2, 0) is 13.1 Å². The number of rotatable bonds is 6. The molecule has 1 amide bonds. The second-order valence-corrected chi connectivity index (χ2v) is 9.47. The summed E-state index contributed by atoms with van der Waals surface area (Å²) >= 11 is 13.6. The number of carbonyl (C=O) groups excluding carboxylic acids is 1. The molecule has 0 aliphatic heterocycles. The van der Waals surface area contributed by atoms with Crippen molar-refractivity contribution in [3.05, 3.63) is 84.5 Å². The molecule has 0 aliphatic rings. The first-order valence-corrected chi connectivity index (χ1v) is 11.7. The highest BCUT2D eigenvalue weighted by Gasteiger charge is 2.17. The van der Waals surface area contributed by atoms with E-state index in [-0.39, 0.29) is 5.91 Å². The summed E-state index contributed by atoms with van der Waals surface area (Å²) in [6.07, 6.45) is 0. The van der Waals surface area contributed by atoms with Gasteiger partial charge >= 0.3 is 0 Å². The number of aromatic nitrogens is 4. The number of amides is 1. The lowest BCUT2D eigenvalue weighted by molar-refractivity contribution is 0.103. The van der Waals surface area contributed by atoms with Crippen molar-refractivity contribution in [3.8, 4) is 0 Å². The Kier molecular flexibility index (Phi) is 6.42. The van der Waals surface area contributed by atoms with E-state index in [1.807, 2.05) is 72.8 Å². The molecule has 0 bridgehead atoms. The summed E-state index contributed by atoms with van der Waals surface area (Å²) in [7, 11) is 0. The van der Waals surface area contributed by atoms with Gasteiger partial charge in [0, 0.05) is 5.02 Å². The summed E-state index contributed by atoms with van der Waals surface area (Å²) in [6, 6.07) is 9.56. The van der Waals surface area contributed by atoms with Gasteiger partial charge in [0.15, 0.2) is 0 Å². The standard InChI is InChI=1S/C23H23Cl2N5OS/c1-13-21(25)15(3)29(27-13)11-18-9-20(32-12-18)23(31)26-22-14(2)28-30(16(22)4)10-17-5-7-19(24)8-6-17/h5-9,12H,10-11H2,1-4H3,(H,26,31). The summed E-state index contributed by atoms with van der Waals surface area (Å²) in [5.41, 5.74) is 6.24. The van der Waals surface area contributed by atoms with E-state index < -0.39 is 0 Å². The Labute approximate surface area is 200 Å². The first-order valence-electron chi connectivity index (χ1n) is 10.1. The highest BCUT2D eigenvalue weighted by Crippen LogP contribution is 2.25. The number of nitrogens with zero attached hydrogens (tertiary/aromatic N) is 4. The maximum atomic E-state index is 12.9. The van der Waals surface area contributed by atoms with Crippen molar-refractivity contribution >= 4 is 46.1 Å². The van der Waals surface area contributed by atoms with Crippen LogP contribution in [0.3, 0.4) is 0 Å². The molecule has 0 unspecified atom stereocenters. The Balaban J connectivity index is 1.48. The molecule has 166 valence electrons. The first kappa shape index (κ1) is 22.6. The average Bonchev–Trinajstić information content (AvgIpc) is 3.40. The van der Waals surface area contributed by atoms with Crippen molar-refractivity contribution in [2.75, 3.05) is 5.32 Å². The van der Waals surface area contributed by atoms with Gasteiger partial charge in [-0.05, 0) is 62.4 Å². The SMILES string of the molecule is Cc1nn(Cc2csc(C(=O)Nc3c(C)nn(Cc4ccc(Cl)cc4)c3C)c2)c(C)c1Cl. The molecule has 6 nitrogen and oxygen atoms in total. The Morgan fingerprint density at radius 2 is 1.56 bits per heavy atom. The summed E-state index contributed by atoms with van der Waals surface area (Å²) < 4.78 is 3.75. The predicted molar refractivity (Wildman–Crippen MR) is 130 cm³/mol. The number of hydrogen-bond donors (Lipinski definition) is 1. The molecule has 0 aliphatic carbocycles. The Morgan fingerprint density at radius 1 is 0.938 bits per heavy atom. The fraction of sp³-hybridized carbons (Fsp3) is 0.261. The minimum absolute atomic E-state index is 0.148. The predicted octanol–water partition coefficient (Wildman–Crippen LogP) is 6.03. The van der Waals surface area contributed by atoms with Crippen LogP contribution >= 0.6 is 34.5 Å². The number of nitrogens with one attached hydrogen (secondary N) is 1.